The standard InChI is InChI=1S/C19H23NO/c1-15(17-10-12-18(20)13-11-17)14-19(21)9-5-8-16-6-3-2-4-7-16/h2-4,6-7,10-13,15H,5,8-9,14,20H2,1H3. The van der Waals surface area contributed by atoms with E-state index in [1.165, 1.54) is 11.1 Å². The molecule has 0 aliphatic carbocycles. The van der Waals surface area contributed by atoms with Crippen molar-refractivity contribution in [1.82, 2.24) is 0 Å². The van der Waals surface area contributed by atoms with Gasteiger partial charge in [0.2, 0.25) is 0 Å². The van der Waals surface area contributed by atoms with Crippen molar-refractivity contribution in [2.45, 2.75) is 38.5 Å². The van der Waals surface area contributed by atoms with Gasteiger partial charge >= 0.3 is 0 Å². The Balaban J connectivity index is 1.75. The minimum Gasteiger partial charge on any atom is -0.399 e. The number of rotatable bonds is 7. The number of carbonyl (C=O) groups is 1. The number of aryl methyl sites for hydroxylation is 1. The van der Waals surface area contributed by atoms with Crippen LogP contribution in [0.1, 0.15) is 43.2 Å². The quantitative estimate of drug-likeness (QED) is 0.766. The van der Waals surface area contributed by atoms with E-state index in [9.17, 15) is 4.79 Å². The molecule has 0 spiro atoms. The molecule has 0 saturated heterocycles. The first-order valence-electron chi connectivity index (χ1n) is 7.56. The molecule has 0 amide bonds. The fraction of sp³-hybridized carbons (Fsp3) is 0.316. The third-order valence-corrected chi connectivity index (χ3v) is 3.80. The molecule has 0 aromatic heterocycles. The van der Waals surface area contributed by atoms with Gasteiger partial charge in [0.1, 0.15) is 5.78 Å². The zero-order valence-electron chi connectivity index (χ0n) is 12.6. The van der Waals surface area contributed by atoms with Crippen LogP contribution < -0.4 is 5.73 Å². The van der Waals surface area contributed by atoms with Crippen molar-refractivity contribution in [3.8, 4) is 0 Å². The Morgan fingerprint density at radius 3 is 2.38 bits per heavy atom. The number of nitrogens with two attached hydrogens (primary N) is 1. The molecular formula is C19H23NO. The first-order chi connectivity index (χ1) is 10.1. The number of hydrogen-bond donors (Lipinski definition) is 1. The van der Waals surface area contributed by atoms with Crippen molar-refractivity contribution in [2.24, 2.45) is 0 Å². The van der Waals surface area contributed by atoms with Crippen LogP contribution in [-0.4, -0.2) is 5.78 Å². The van der Waals surface area contributed by atoms with Crippen molar-refractivity contribution < 1.29 is 4.79 Å². The highest BCUT2D eigenvalue weighted by Crippen LogP contribution is 2.21. The van der Waals surface area contributed by atoms with Gasteiger partial charge in [-0.2, -0.15) is 0 Å². The summed E-state index contributed by atoms with van der Waals surface area (Å²) in [7, 11) is 0. The maximum Gasteiger partial charge on any atom is 0.133 e. The van der Waals surface area contributed by atoms with E-state index in [2.05, 4.69) is 19.1 Å². The highest BCUT2D eigenvalue weighted by Gasteiger charge is 2.11. The van der Waals surface area contributed by atoms with Crippen molar-refractivity contribution in [2.75, 3.05) is 5.73 Å². The van der Waals surface area contributed by atoms with Crippen LogP contribution in [0.4, 0.5) is 5.69 Å². The zero-order valence-corrected chi connectivity index (χ0v) is 12.6. The molecule has 110 valence electrons. The van der Waals surface area contributed by atoms with Crippen LogP contribution in [0.25, 0.3) is 0 Å². The molecule has 2 aromatic carbocycles. The fourth-order valence-corrected chi connectivity index (χ4v) is 2.52. The van der Waals surface area contributed by atoms with Crippen LogP contribution in [0, 0.1) is 0 Å². The molecule has 0 radical (unpaired) electrons. The Hall–Kier alpha value is -2.09. The third-order valence-electron chi connectivity index (χ3n) is 3.80. The molecule has 0 aliphatic heterocycles. The van der Waals surface area contributed by atoms with Gasteiger partial charge in [-0.1, -0.05) is 49.4 Å². The number of ketones is 1. The van der Waals surface area contributed by atoms with Crippen molar-refractivity contribution >= 4 is 11.5 Å². The van der Waals surface area contributed by atoms with Gasteiger partial charge in [-0.05, 0) is 42.0 Å². The van der Waals surface area contributed by atoms with Crippen LogP contribution >= 0.6 is 0 Å². The van der Waals surface area contributed by atoms with Gasteiger partial charge in [0, 0.05) is 18.5 Å². The first-order valence-corrected chi connectivity index (χ1v) is 7.56. The summed E-state index contributed by atoms with van der Waals surface area (Å²) in [5.74, 6) is 0.602. The van der Waals surface area contributed by atoms with Gasteiger partial charge in [0.05, 0.1) is 0 Å². The maximum absolute atomic E-state index is 12.1. The average molecular weight is 281 g/mol. The molecule has 2 aromatic rings. The molecule has 0 heterocycles. The molecule has 0 saturated carbocycles. The summed E-state index contributed by atoms with van der Waals surface area (Å²) in [5, 5.41) is 0. The number of benzene rings is 2. The van der Waals surface area contributed by atoms with Gasteiger partial charge < -0.3 is 5.73 Å². The van der Waals surface area contributed by atoms with E-state index < -0.39 is 0 Å². The molecule has 0 bridgehead atoms. The monoisotopic (exact) mass is 281 g/mol. The molecule has 0 fully saturated rings. The predicted molar refractivity (Wildman–Crippen MR) is 88.3 cm³/mol. The fourth-order valence-electron chi connectivity index (χ4n) is 2.52. The summed E-state index contributed by atoms with van der Waals surface area (Å²) in [6.45, 7) is 2.10. The lowest BCUT2D eigenvalue weighted by molar-refractivity contribution is -0.119. The summed E-state index contributed by atoms with van der Waals surface area (Å²) < 4.78 is 0. The molecule has 2 heteroatoms. The SMILES string of the molecule is CC(CC(=O)CCCc1ccccc1)c1ccc(N)cc1. The minimum atomic E-state index is 0.259. The van der Waals surface area contributed by atoms with Crippen molar-refractivity contribution in [1.29, 1.82) is 0 Å². The zero-order chi connectivity index (χ0) is 15.1. The Bertz CT molecular complexity index is 560. The van der Waals surface area contributed by atoms with Gasteiger partial charge in [-0.25, -0.2) is 0 Å². The van der Waals surface area contributed by atoms with Crippen LogP contribution in [-0.2, 0) is 11.2 Å². The molecular weight excluding hydrogens is 258 g/mol. The Morgan fingerprint density at radius 1 is 1.05 bits per heavy atom. The van der Waals surface area contributed by atoms with Crippen molar-refractivity contribution in [3.63, 3.8) is 0 Å². The minimum absolute atomic E-state index is 0.259. The van der Waals surface area contributed by atoms with E-state index in [1.54, 1.807) is 0 Å². The second kappa shape index (κ2) is 7.63. The molecule has 21 heavy (non-hydrogen) atoms. The van der Waals surface area contributed by atoms with E-state index in [4.69, 9.17) is 5.73 Å². The maximum atomic E-state index is 12.1. The smallest absolute Gasteiger partial charge is 0.133 e. The molecule has 2 rings (SSSR count). The second-order valence-corrected chi connectivity index (χ2v) is 5.65. The normalized spacial score (nSPS) is 12.0. The molecule has 1 unspecified atom stereocenters. The van der Waals surface area contributed by atoms with E-state index in [0.717, 1.165) is 18.5 Å². The van der Waals surface area contributed by atoms with E-state index in [1.807, 2.05) is 42.5 Å². The highest BCUT2D eigenvalue weighted by atomic mass is 16.1. The Kier molecular flexibility index (Phi) is 5.56. The van der Waals surface area contributed by atoms with Crippen LogP contribution in [0.2, 0.25) is 0 Å². The molecule has 0 aliphatic rings. The lowest BCUT2D eigenvalue weighted by atomic mass is 9.93. The summed E-state index contributed by atoms with van der Waals surface area (Å²) in [5.41, 5.74) is 8.93. The number of nitrogen functional groups attached to an aromatic ring is 1. The van der Waals surface area contributed by atoms with Gasteiger partial charge in [-0.15, -0.1) is 0 Å². The average Bonchev–Trinajstić information content (AvgIpc) is 2.49. The number of Topliss-reactive ketones (excluding diaryl/α,β-unsaturated/α-hetero) is 1. The number of carbonyl (C=O) groups excluding carboxylic acids is 1. The second-order valence-electron chi connectivity index (χ2n) is 5.65. The summed E-state index contributed by atoms with van der Waals surface area (Å²) in [4.78, 5) is 12.1. The van der Waals surface area contributed by atoms with E-state index >= 15 is 0 Å². The summed E-state index contributed by atoms with van der Waals surface area (Å²) in [6.07, 6.45) is 3.17. The lowest BCUT2D eigenvalue weighted by Crippen LogP contribution is -2.05. The summed E-state index contributed by atoms with van der Waals surface area (Å²) in [6, 6.07) is 18.1. The topological polar surface area (TPSA) is 43.1 Å². The first kappa shape index (κ1) is 15.3. The van der Waals surface area contributed by atoms with Crippen molar-refractivity contribution in [3.05, 3.63) is 65.7 Å². The largest absolute Gasteiger partial charge is 0.399 e. The van der Waals surface area contributed by atoms with Gasteiger partial charge in [0.25, 0.3) is 0 Å². The van der Waals surface area contributed by atoms with Crippen LogP contribution in [0.15, 0.2) is 54.6 Å². The predicted octanol–water partition coefficient (Wildman–Crippen LogP) is 4.35. The van der Waals surface area contributed by atoms with E-state index in [0.29, 0.717) is 18.6 Å². The highest BCUT2D eigenvalue weighted by molar-refractivity contribution is 5.79. The van der Waals surface area contributed by atoms with Crippen LogP contribution in [0.5, 0.6) is 0 Å². The Morgan fingerprint density at radius 2 is 1.71 bits per heavy atom. The number of anilines is 1. The third kappa shape index (κ3) is 5.07. The Labute approximate surface area is 127 Å². The lowest BCUT2D eigenvalue weighted by Gasteiger charge is -2.11. The van der Waals surface area contributed by atoms with Gasteiger partial charge in [-0.3, -0.25) is 4.79 Å². The van der Waals surface area contributed by atoms with E-state index in [-0.39, 0.29) is 5.92 Å². The molecule has 2 N–H and O–H groups in total. The number of hydrogen-bond acceptors (Lipinski definition) is 2. The summed E-state index contributed by atoms with van der Waals surface area (Å²) >= 11 is 0. The van der Waals surface area contributed by atoms with Gasteiger partial charge in [0.15, 0.2) is 0 Å². The van der Waals surface area contributed by atoms with Crippen LogP contribution in [0.3, 0.4) is 0 Å². The molecule has 1 atom stereocenters. The molecule has 2 nitrogen and oxygen atoms in total.